The van der Waals surface area contributed by atoms with Crippen LogP contribution < -0.4 is 11.5 Å². The van der Waals surface area contributed by atoms with Gasteiger partial charge in [0.25, 0.3) is 0 Å². The molecular formula is C24H33N7O2. The first-order valence-corrected chi connectivity index (χ1v) is 11.6. The van der Waals surface area contributed by atoms with Gasteiger partial charge in [0.1, 0.15) is 18.7 Å². The summed E-state index contributed by atoms with van der Waals surface area (Å²) >= 11 is 0. The molecule has 0 atom stereocenters. The second kappa shape index (κ2) is 10.6. The van der Waals surface area contributed by atoms with Crippen LogP contribution in [0.5, 0.6) is 0 Å². The van der Waals surface area contributed by atoms with E-state index in [2.05, 4.69) is 20.0 Å². The van der Waals surface area contributed by atoms with Gasteiger partial charge >= 0.3 is 0 Å². The molecule has 0 aromatic carbocycles. The zero-order valence-electron chi connectivity index (χ0n) is 19.2. The Hall–Kier alpha value is -3.20. The number of pyridine rings is 2. The van der Waals surface area contributed by atoms with Gasteiger partial charge in [-0.25, -0.2) is 9.97 Å². The van der Waals surface area contributed by atoms with E-state index in [1.807, 2.05) is 23.1 Å². The number of anilines is 2. The highest BCUT2D eigenvalue weighted by Crippen LogP contribution is 2.27. The summed E-state index contributed by atoms with van der Waals surface area (Å²) in [6, 6.07) is 7.61. The molecule has 2 aliphatic rings. The zero-order chi connectivity index (χ0) is 23.2. The Bertz CT molecular complexity index is 963. The van der Waals surface area contributed by atoms with E-state index in [-0.39, 0.29) is 11.8 Å². The van der Waals surface area contributed by atoms with E-state index in [9.17, 15) is 4.79 Å². The summed E-state index contributed by atoms with van der Waals surface area (Å²) in [5, 5.41) is 4.27. The van der Waals surface area contributed by atoms with Gasteiger partial charge in [0.05, 0.1) is 5.71 Å². The minimum Gasteiger partial charge on any atom is -0.399 e. The predicted octanol–water partition coefficient (Wildman–Crippen LogP) is 2.14. The normalized spacial score (nSPS) is 18.9. The van der Waals surface area contributed by atoms with Crippen molar-refractivity contribution in [2.75, 3.05) is 44.8 Å². The van der Waals surface area contributed by atoms with E-state index in [1.165, 1.54) is 5.56 Å². The minimum absolute atomic E-state index is 0.105. The summed E-state index contributed by atoms with van der Waals surface area (Å²) < 4.78 is 0. The Labute approximate surface area is 194 Å². The number of amides is 1. The fourth-order valence-corrected chi connectivity index (χ4v) is 4.84. The van der Waals surface area contributed by atoms with Crippen molar-refractivity contribution in [1.29, 1.82) is 0 Å². The molecular weight excluding hydrogens is 418 g/mol. The number of piperidine rings is 2. The second-order valence-electron chi connectivity index (χ2n) is 8.87. The van der Waals surface area contributed by atoms with Crippen molar-refractivity contribution in [3.8, 4) is 0 Å². The molecule has 2 aromatic rings. The van der Waals surface area contributed by atoms with Gasteiger partial charge in [-0.3, -0.25) is 9.69 Å². The lowest BCUT2D eigenvalue weighted by Gasteiger charge is -2.37. The van der Waals surface area contributed by atoms with Gasteiger partial charge in [-0.1, -0.05) is 5.16 Å². The van der Waals surface area contributed by atoms with Crippen molar-refractivity contribution in [3.05, 3.63) is 47.8 Å². The topological polar surface area (TPSA) is 123 Å². The molecule has 2 aliphatic heterocycles. The van der Waals surface area contributed by atoms with Gasteiger partial charge in [-0.2, -0.15) is 0 Å². The van der Waals surface area contributed by atoms with Crippen LogP contribution in [0.3, 0.4) is 0 Å². The summed E-state index contributed by atoms with van der Waals surface area (Å²) in [6.07, 6.45) is 7.00. The summed E-state index contributed by atoms with van der Waals surface area (Å²) in [6.45, 7) is 4.17. The first-order valence-electron chi connectivity index (χ1n) is 11.6. The quantitative estimate of drug-likeness (QED) is 0.509. The number of carbonyl (C=O) groups excluding carboxylic acids is 1. The molecule has 0 radical (unpaired) electrons. The van der Waals surface area contributed by atoms with Gasteiger partial charge in [0.15, 0.2) is 0 Å². The molecule has 0 bridgehead atoms. The first kappa shape index (κ1) is 23.0. The van der Waals surface area contributed by atoms with Crippen LogP contribution in [0.15, 0.2) is 41.8 Å². The predicted molar refractivity (Wildman–Crippen MR) is 128 cm³/mol. The van der Waals surface area contributed by atoms with E-state index in [4.69, 9.17) is 16.3 Å². The van der Waals surface area contributed by atoms with E-state index in [1.54, 1.807) is 25.6 Å². The molecule has 33 heavy (non-hydrogen) atoms. The number of likely N-dealkylation sites (tertiary alicyclic amines) is 2. The maximum Gasteiger partial charge on any atom is 0.225 e. The van der Waals surface area contributed by atoms with Gasteiger partial charge in [0.2, 0.25) is 5.91 Å². The third kappa shape index (κ3) is 5.78. The smallest absolute Gasteiger partial charge is 0.225 e. The average molecular weight is 452 g/mol. The Morgan fingerprint density at radius 1 is 1.03 bits per heavy atom. The highest BCUT2D eigenvalue weighted by Gasteiger charge is 2.32. The molecule has 2 saturated heterocycles. The van der Waals surface area contributed by atoms with Crippen LogP contribution in [0, 0.1) is 11.8 Å². The third-order valence-electron chi connectivity index (χ3n) is 6.65. The van der Waals surface area contributed by atoms with Crippen LogP contribution >= 0.6 is 0 Å². The number of nitrogens with two attached hydrogens (primary N) is 2. The minimum atomic E-state index is 0.105. The number of nitrogens with zero attached hydrogens (tertiary/aromatic N) is 5. The zero-order valence-corrected chi connectivity index (χ0v) is 19.2. The fraction of sp³-hybridized carbons (Fsp3) is 0.500. The number of oxime groups is 1. The number of carbonyl (C=O) groups is 1. The van der Waals surface area contributed by atoms with Crippen LogP contribution in [0.2, 0.25) is 0 Å². The average Bonchev–Trinajstić information content (AvgIpc) is 2.83. The molecule has 4 rings (SSSR count). The van der Waals surface area contributed by atoms with E-state index >= 15 is 0 Å². The Balaban J connectivity index is 1.28. The van der Waals surface area contributed by atoms with Crippen molar-refractivity contribution in [3.63, 3.8) is 0 Å². The molecule has 0 aliphatic carbocycles. The fourth-order valence-electron chi connectivity index (χ4n) is 4.84. The van der Waals surface area contributed by atoms with Crippen molar-refractivity contribution in [2.24, 2.45) is 17.0 Å². The molecule has 176 valence electrons. The van der Waals surface area contributed by atoms with Gasteiger partial charge in [-0.15, -0.1) is 0 Å². The van der Waals surface area contributed by atoms with Crippen LogP contribution in [-0.4, -0.2) is 64.7 Å². The summed E-state index contributed by atoms with van der Waals surface area (Å²) in [4.78, 5) is 30.9. The van der Waals surface area contributed by atoms with Crippen molar-refractivity contribution < 1.29 is 9.63 Å². The number of hydrogen-bond acceptors (Lipinski definition) is 8. The largest absolute Gasteiger partial charge is 0.399 e. The lowest BCUT2D eigenvalue weighted by molar-refractivity contribution is -0.138. The molecule has 2 aromatic heterocycles. The number of nitrogen functional groups attached to an aromatic ring is 2. The standard InChI is InChI=1S/C24H33N7O2/c1-33-29-23(20-2-3-21(25)28-15-20)18-7-12-31(13-8-18)24(32)19-5-10-30(11-6-19)16-17-4-9-27-22(26)14-17/h2-4,9,14-15,18-19H,5-8,10-13,16H2,1H3,(H2,25,28)(H2,26,27)/b29-23-. The number of rotatable bonds is 6. The van der Waals surface area contributed by atoms with Crippen LogP contribution in [0.1, 0.15) is 36.8 Å². The molecule has 9 nitrogen and oxygen atoms in total. The molecule has 4 N–H and O–H groups in total. The van der Waals surface area contributed by atoms with Crippen molar-refractivity contribution >= 4 is 23.3 Å². The lowest BCUT2D eigenvalue weighted by Crippen LogP contribution is -2.46. The first-order chi connectivity index (χ1) is 16.0. The highest BCUT2D eigenvalue weighted by molar-refractivity contribution is 6.02. The number of hydrogen-bond donors (Lipinski definition) is 2. The molecule has 1 amide bonds. The Kier molecular flexibility index (Phi) is 7.39. The lowest BCUT2D eigenvalue weighted by atomic mass is 9.87. The molecule has 0 unspecified atom stereocenters. The summed E-state index contributed by atoms with van der Waals surface area (Å²) in [5.74, 6) is 1.66. The van der Waals surface area contributed by atoms with E-state index in [0.29, 0.717) is 17.5 Å². The van der Waals surface area contributed by atoms with Crippen LogP contribution in [0.25, 0.3) is 0 Å². The van der Waals surface area contributed by atoms with Gasteiger partial charge in [-0.05, 0) is 68.6 Å². The highest BCUT2D eigenvalue weighted by atomic mass is 16.6. The number of aromatic nitrogens is 2. The van der Waals surface area contributed by atoms with Gasteiger partial charge < -0.3 is 21.2 Å². The van der Waals surface area contributed by atoms with Crippen molar-refractivity contribution in [2.45, 2.75) is 32.2 Å². The van der Waals surface area contributed by atoms with E-state index in [0.717, 1.165) is 69.7 Å². The Morgan fingerprint density at radius 3 is 2.39 bits per heavy atom. The van der Waals surface area contributed by atoms with E-state index < -0.39 is 0 Å². The molecule has 0 spiro atoms. The summed E-state index contributed by atoms with van der Waals surface area (Å²) in [7, 11) is 1.55. The van der Waals surface area contributed by atoms with Crippen molar-refractivity contribution in [1.82, 2.24) is 19.8 Å². The van der Waals surface area contributed by atoms with Crippen LogP contribution in [0.4, 0.5) is 11.6 Å². The van der Waals surface area contributed by atoms with Crippen LogP contribution in [-0.2, 0) is 16.2 Å². The maximum absolute atomic E-state index is 13.2. The second-order valence-corrected chi connectivity index (χ2v) is 8.87. The van der Waals surface area contributed by atoms with Gasteiger partial charge in [0, 0.05) is 49.4 Å². The molecule has 0 saturated carbocycles. The monoisotopic (exact) mass is 451 g/mol. The SMILES string of the molecule is CO/N=C(\c1ccc(N)nc1)C1CCN(C(=O)C2CCN(Cc3ccnc(N)c3)CC2)CC1. The molecule has 4 heterocycles. The third-order valence-corrected chi connectivity index (χ3v) is 6.65. The maximum atomic E-state index is 13.2. The Morgan fingerprint density at radius 2 is 1.76 bits per heavy atom. The molecule has 9 heteroatoms. The molecule has 2 fully saturated rings. The summed E-state index contributed by atoms with van der Waals surface area (Å²) in [5.41, 5.74) is 14.5.